The molecular formula is C24H38O6. The number of carbonyl (C=O) groups excluding carboxylic acids is 2. The third-order valence-corrected chi connectivity index (χ3v) is 8.14. The number of esters is 1. The normalized spacial score (nSPS) is 36.2. The minimum atomic E-state index is -1.83. The van der Waals surface area contributed by atoms with Crippen LogP contribution in [0, 0.1) is 23.2 Å². The van der Waals surface area contributed by atoms with E-state index in [0.29, 0.717) is 17.6 Å². The van der Waals surface area contributed by atoms with Gasteiger partial charge in [0.1, 0.15) is 11.2 Å². The van der Waals surface area contributed by atoms with Crippen molar-refractivity contribution in [3.8, 4) is 0 Å². The minimum absolute atomic E-state index is 0.0444. The van der Waals surface area contributed by atoms with E-state index in [1.54, 1.807) is 32.9 Å². The molecule has 3 N–H and O–H groups in total. The molecule has 0 spiro atoms. The predicted octanol–water partition coefficient (Wildman–Crippen LogP) is 2.95. The van der Waals surface area contributed by atoms with E-state index in [2.05, 4.69) is 0 Å². The lowest BCUT2D eigenvalue weighted by atomic mass is 9.68. The SMILES string of the molecule is C/C=C(/CO)CC1(O)C(=O)C(C)=C[C@H]1[C@@](C)(O)[C@H](C)C[C@]1(OC(C)=O)C(C)C1(C)C. The number of ketones is 1. The summed E-state index contributed by atoms with van der Waals surface area (Å²) in [6, 6.07) is 0. The highest BCUT2D eigenvalue weighted by molar-refractivity contribution is 6.04. The van der Waals surface area contributed by atoms with Crippen LogP contribution in [-0.2, 0) is 14.3 Å². The fraction of sp³-hybridized carbons (Fsp3) is 0.750. The highest BCUT2D eigenvalue weighted by atomic mass is 16.6. The first-order chi connectivity index (χ1) is 13.6. The number of Topliss-reactive ketones (excluding diaryl/α,β-unsaturated/α-hetero) is 1. The van der Waals surface area contributed by atoms with Crippen molar-refractivity contribution in [2.75, 3.05) is 6.61 Å². The molecule has 6 heteroatoms. The summed E-state index contributed by atoms with van der Waals surface area (Å²) in [6.45, 7) is 14.1. The van der Waals surface area contributed by atoms with Gasteiger partial charge < -0.3 is 20.1 Å². The second-order valence-corrected chi connectivity index (χ2v) is 10.1. The predicted molar refractivity (Wildman–Crippen MR) is 115 cm³/mol. The highest BCUT2D eigenvalue weighted by Crippen LogP contribution is 2.67. The quantitative estimate of drug-likeness (QED) is 0.410. The molecule has 0 saturated heterocycles. The van der Waals surface area contributed by atoms with E-state index in [-0.39, 0.29) is 36.2 Å². The fourth-order valence-electron chi connectivity index (χ4n) is 5.39. The van der Waals surface area contributed by atoms with E-state index in [1.807, 2.05) is 27.7 Å². The standard InChI is InChI=1S/C24H38O6/c1-9-18(13-25)12-23(29)19(10-14(2)20(23)27)22(8,28)15(3)11-24(30-17(5)26)16(4)21(24,6)7/h9-10,15-16,19,25,28-29H,11-13H2,1-8H3/b18-9+/t15-,16?,19+,22+,23?,24+/m1/s1. The third kappa shape index (κ3) is 3.67. The lowest BCUT2D eigenvalue weighted by Crippen LogP contribution is -2.55. The van der Waals surface area contributed by atoms with Crippen molar-refractivity contribution in [3.63, 3.8) is 0 Å². The number of aliphatic hydroxyl groups is 3. The van der Waals surface area contributed by atoms with Crippen LogP contribution in [0.3, 0.4) is 0 Å². The largest absolute Gasteiger partial charge is 0.458 e. The molecule has 6 nitrogen and oxygen atoms in total. The van der Waals surface area contributed by atoms with Gasteiger partial charge in [-0.05, 0) is 44.3 Å². The Bertz CT molecular complexity index is 777. The van der Waals surface area contributed by atoms with Crippen molar-refractivity contribution >= 4 is 11.8 Å². The summed E-state index contributed by atoms with van der Waals surface area (Å²) in [5.41, 5.74) is -3.26. The van der Waals surface area contributed by atoms with E-state index in [9.17, 15) is 24.9 Å². The number of allylic oxidation sites excluding steroid dienone is 1. The van der Waals surface area contributed by atoms with E-state index in [0.717, 1.165) is 0 Å². The molecule has 0 bridgehead atoms. The summed E-state index contributed by atoms with van der Waals surface area (Å²) >= 11 is 0. The number of hydrogen-bond acceptors (Lipinski definition) is 6. The van der Waals surface area contributed by atoms with Gasteiger partial charge in [-0.15, -0.1) is 0 Å². The van der Waals surface area contributed by atoms with Gasteiger partial charge in [-0.1, -0.05) is 39.8 Å². The van der Waals surface area contributed by atoms with Gasteiger partial charge in [0.05, 0.1) is 12.2 Å². The number of aliphatic hydroxyl groups excluding tert-OH is 1. The molecule has 1 saturated carbocycles. The number of ether oxygens (including phenoxy) is 1. The lowest BCUT2D eigenvalue weighted by Gasteiger charge is -2.43. The summed E-state index contributed by atoms with van der Waals surface area (Å²) in [7, 11) is 0. The Labute approximate surface area is 180 Å². The van der Waals surface area contributed by atoms with E-state index in [1.165, 1.54) is 6.92 Å². The number of rotatable bonds is 8. The van der Waals surface area contributed by atoms with Crippen molar-refractivity contribution < 1.29 is 29.6 Å². The van der Waals surface area contributed by atoms with Gasteiger partial charge in [-0.2, -0.15) is 0 Å². The smallest absolute Gasteiger partial charge is 0.303 e. The van der Waals surface area contributed by atoms with Gasteiger partial charge in [0.2, 0.25) is 0 Å². The second kappa shape index (κ2) is 7.88. The summed E-state index contributed by atoms with van der Waals surface area (Å²) < 4.78 is 5.76. The zero-order valence-electron chi connectivity index (χ0n) is 19.6. The van der Waals surface area contributed by atoms with Gasteiger partial charge in [-0.3, -0.25) is 9.59 Å². The molecule has 2 aliphatic carbocycles. The molecule has 30 heavy (non-hydrogen) atoms. The van der Waals surface area contributed by atoms with E-state index in [4.69, 9.17) is 4.74 Å². The maximum absolute atomic E-state index is 12.9. The van der Waals surface area contributed by atoms with Crippen LogP contribution < -0.4 is 0 Å². The highest BCUT2D eigenvalue weighted by Gasteiger charge is 2.72. The molecule has 2 unspecified atom stereocenters. The third-order valence-electron chi connectivity index (χ3n) is 8.14. The molecule has 2 rings (SSSR count). The van der Waals surface area contributed by atoms with Crippen molar-refractivity contribution in [2.24, 2.45) is 23.2 Å². The number of hydrogen-bond donors (Lipinski definition) is 3. The maximum Gasteiger partial charge on any atom is 0.303 e. The van der Waals surface area contributed by atoms with Crippen molar-refractivity contribution in [1.82, 2.24) is 0 Å². The van der Waals surface area contributed by atoms with Crippen LogP contribution in [0.5, 0.6) is 0 Å². The van der Waals surface area contributed by atoms with Crippen LogP contribution in [0.4, 0.5) is 0 Å². The van der Waals surface area contributed by atoms with Crippen LogP contribution >= 0.6 is 0 Å². The first-order valence-corrected chi connectivity index (χ1v) is 10.7. The molecule has 0 aromatic rings. The Balaban J connectivity index is 2.38. The number of carbonyl (C=O) groups is 2. The minimum Gasteiger partial charge on any atom is -0.458 e. The molecule has 0 heterocycles. The summed E-state index contributed by atoms with van der Waals surface area (Å²) in [5, 5.41) is 32.6. The molecule has 2 aliphatic rings. The first kappa shape index (κ1) is 24.8. The maximum atomic E-state index is 12.9. The van der Waals surface area contributed by atoms with Crippen LogP contribution in [0.2, 0.25) is 0 Å². The molecule has 6 atom stereocenters. The Hall–Kier alpha value is -1.50. The van der Waals surface area contributed by atoms with Gasteiger partial charge in [0.25, 0.3) is 0 Å². The van der Waals surface area contributed by atoms with E-state index >= 15 is 0 Å². The molecule has 0 amide bonds. The van der Waals surface area contributed by atoms with Gasteiger partial charge in [0, 0.05) is 30.6 Å². The van der Waals surface area contributed by atoms with Gasteiger partial charge >= 0.3 is 5.97 Å². The van der Waals surface area contributed by atoms with Gasteiger partial charge in [-0.25, -0.2) is 0 Å². The van der Waals surface area contributed by atoms with Crippen LogP contribution in [0.25, 0.3) is 0 Å². The topological polar surface area (TPSA) is 104 Å². The summed E-state index contributed by atoms with van der Waals surface area (Å²) in [5.74, 6) is -1.89. The molecule has 0 aromatic heterocycles. The zero-order valence-corrected chi connectivity index (χ0v) is 19.6. The van der Waals surface area contributed by atoms with Gasteiger partial charge in [0.15, 0.2) is 5.78 Å². The molecule has 0 aliphatic heterocycles. The summed E-state index contributed by atoms with van der Waals surface area (Å²) in [6.07, 6.45) is 3.69. The molecular weight excluding hydrogens is 384 g/mol. The monoisotopic (exact) mass is 422 g/mol. The Morgan fingerprint density at radius 2 is 1.93 bits per heavy atom. The summed E-state index contributed by atoms with van der Waals surface area (Å²) in [4.78, 5) is 24.7. The van der Waals surface area contributed by atoms with Crippen LogP contribution in [0.1, 0.15) is 68.2 Å². The average molecular weight is 423 g/mol. The van der Waals surface area contributed by atoms with Crippen LogP contribution in [-0.4, -0.2) is 50.5 Å². The van der Waals surface area contributed by atoms with Crippen molar-refractivity contribution in [2.45, 2.75) is 85.0 Å². The molecule has 0 radical (unpaired) electrons. The Morgan fingerprint density at radius 1 is 1.40 bits per heavy atom. The molecule has 0 aromatic carbocycles. The van der Waals surface area contributed by atoms with Crippen molar-refractivity contribution in [3.05, 3.63) is 23.3 Å². The zero-order chi connectivity index (χ0) is 23.3. The molecule has 170 valence electrons. The molecule has 1 fully saturated rings. The Kier molecular flexibility index (Phi) is 6.51. The Morgan fingerprint density at radius 3 is 2.33 bits per heavy atom. The fourth-order valence-corrected chi connectivity index (χ4v) is 5.39. The second-order valence-electron chi connectivity index (χ2n) is 10.1. The average Bonchev–Trinajstić information content (AvgIpc) is 2.92. The first-order valence-electron chi connectivity index (χ1n) is 10.7. The lowest BCUT2D eigenvalue weighted by molar-refractivity contribution is -0.161. The van der Waals surface area contributed by atoms with Crippen LogP contribution in [0.15, 0.2) is 23.3 Å². The van der Waals surface area contributed by atoms with E-state index < -0.39 is 28.5 Å². The van der Waals surface area contributed by atoms with Crippen molar-refractivity contribution in [1.29, 1.82) is 0 Å².